The van der Waals surface area contributed by atoms with Crippen molar-refractivity contribution in [1.82, 2.24) is 0 Å². The summed E-state index contributed by atoms with van der Waals surface area (Å²) in [6, 6.07) is 19.4. The highest BCUT2D eigenvalue weighted by molar-refractivity contribution is 5.69. The number of ether oxygens (including phenoxy) is 5. The van der Waals surface area contributed by atoms with Gasteiger partial charge in [0.2, 0.25) is 0 Å². The first-order chi connectivity index (χ1) is 20.0. The van der Waals surface area contributed by atoms with Gasteiger partial charge in [-0.25, -0.2) is 0 Å². The molecule has 0 bridgehead atoms. The molecule has 0 amide bonds. The Bertz CT molecular complexity index is 953. The van der Waals surface area contributed by atoms with Gasteiger partial charge in [-0.05, 0) is 23.5 Å². The number of carbonyl (C=O) groups is 1. The van der Waals surface area contributed by atoms with Crippen LogP contribution in [0.15, 0.2) is 60.7 Å². The molecule has 4 rings (SSSR count). The van der Waals surface area contributed by atoms with Gasteiger partial charge in [0.15, 0.2) is 6.29 Å². The molecule has 9 nitrogen and oxygen atoms in total. The summed E-state index contributed by atoms with van der Waals surface area (Å²) in [6.45, 7) is 0.724. The van der Waals surface area contributed by atoms with E-state index in [0.717, 1.165) is 30.4 Å². The summed E-state index contributed by atoms with van der Waals surface area (Å²) in [5.41, 5.74) is 1.99. The predicted octanol–water partition coefficient (Wildman–Crippen LogP) is 3.52. The molecule has 1 heterocycles. The van der Waals surface area contributed by atoms with Crippen LogP contribution in [0.2, 0.25) is 0 Å². The Hall–Kier alpha value is -2.37. The smallest absolute Gasteiger partial charge is 0.305 e. The minimum absolute atomic E-state index is 0.135. The molecule has 0 spiro atoms. The van der Waals surface area contributed by atoms with Crippen molar-refractivity contribution in [3.8, 4) is 0 Å². The topological polar surface area (TPSA) is 124 Å². The van der Waals surface area contributed by atoms with Crippen molar-refractivity contribution in [1.29, 1.82) is 0 Å². The van der Waals surface area contributed by atoms with Gasteiger partial charge in [-0.3, -0.25) is 4.79 Å². The lowest BCUT2D eigenvalue weighted by atomic mass is 9.86. The van der Waals surface area contributed by atoms with Gasteiger partial charge in [-0.15, -0.1) is 0 Å². The van der Waals surface area contributed by atoms with Gasteiger partial charge in [-0.1, -0.05) is 92.8 Å². The number of carbonyl (C=O) groups excluding carboxylic acids is 1. The molecule has 0 aromatic heterocycles. The molecule has 1 aliphatic heterocycles. The lowest BCUT2D eigenvalue weighted by Crippen LogP contribution is -2.60. The maximum Gasteiger partial charge on any atom is 0.305 e. The van der Waals surface area contributed by atoms with Crippen LogP contribution in [0.25, 0.3) is 0 Å². The molecule has 9 heteroatoms. The number of rotatable bonds is 15. The molecule has 41 heavy (non-hydrogen) atoms. The normalized spacial score (nSPS) is 25.3. The molecule has 2 aromatic carbocycles. The van der Waals surface area contributed by atoms with Crippen LogP contribution in [-0.4, -0.2) is 77.9 Å². The maximum absolute atomic E-state index is 12.4. The molecule has 226 valence electrons. The number of aliphatic hydroxyl groups excluding tert-OH is 3. The molecule has 0 unspecified atom stereocenters. The third kappa shape index (κ3) is 10.4. The van der Waals surface area contributed by atoms with Gasteiger partial charge < -0.3 is 39.0 Å². The van der Waals surface area contributed by atoms with Crippen LogP contribution in [0.5, 0.6) is 0 Å². The third-order valence-electron chi connectivity index (χ3n) is 7.72. The van der Waals surface area contributed by atoms with Crippen molar-refractivity contribution in [2.75, 3.05) is 19.8 Å². The molecule has 1 saturated carbocycles. The van der Waals surface area contributed by atoms with Crippen LogP contribution in [0, 0.1) is 5.92 Å². The average molecular weight is 573 g/mol. The molecule has 0 radical (unpaired) electrons. The van der Waals surface area contributed by atoms with Gasteiger partial charge in [0.25, 0.3) is 0 Å². The van der Waals surface area contributed by atoms with E-state index in [2.05, 4.69) is 0 Å². The van der Waals surface area contributed by atoms with Gasteiger partial charge in [0, 0.05) is 6.42 Å². The summed E-state index contributed by atoms with van der Waals surface area (Å²) >= 11 is 0. The quantitative estimate of drug-likeness (QED) is 0.275. The summed E-state index contributed by atoms with van der Waals surface area (Å²) in [4.78, 5) is 12.4. The highest BCUT2D eigenvalue weighted by Crippen LogP contribution is 2.28. The molecule has 1 saturated heterocycles. The van der Waals surface area contributed by atoms with E-state index >= 15 is 0 Å². The summed E-state index contributed by atoms with van der Waals surface area (Å²) < 4.78 is 29.0. The first kappa shape index (κ1) is 31.6. The molecule has 1 aliphatic carbocycles. The third-order valence-corrected chi connectivity index (χ3v) is 7.72. The summed E-state index contributed by atoms with van der Waals surface area (Å²) in [6.07, 6.45) is -0.458. The van der Waals surface area contributed by atoms with Gasteiger partial charge >= 0.3 is 5.97 Å². The Morgan fingerprint density at radius 1 is 0.805 bits per heavy atom. The zero-order chi connectivity index (χ0) is 28.9. The molecule has 3 N–H and O–H groups in total. The van der Waals surface area contributed by atoms with Crippen LogP contribution < -0.4 is 0 Å². The average Bonchev–Trinajstić information content (AvgIpc) is 3.01. The number of benzene rings is 2. The monoisotopic (exact) mass is 572 g/mol. The Kier molecular flexibility index (Phi) is 13.0. The molecule has 2 fully saturated rings. The SMILES string of the molecule is O=C(CCC1CCCCC1)OC[C@H]1O[C@@H](OC(COCc2ccccc2)COCc2ccccc2)[C@H](O)[C@@H](O)[C@H]1O. The van der Waals surface area contributed by atoms with Gasteiger partial charge in [-0.2, -0.15) is 0 Å². The van der Waals surface area contributed by atoms with E-state index in [-0.39, 0.29) is 25.8 Å². The minimum Gasteiger partial charge on any atom is -0.463 e. The minimum atomic E-state index is -1.55. The van der Waals surface area contributed by atoms with Crippen molar-refractivity contribution in [3.05, 3.63) is 71.8 Å². The number of aliphatic hydroxyl groups is 3. The first-order valence-corrected chi connectivity index (χ1v) is 14.7. The van der Waals surface area contributed by atoms with Crippen LogP contribution in [0.4, 0.5) is 0 Å². The summed E-state index contributed by atoms with van der Waals surface area (Å²) in [7, 11) is 0. The van der Waals surface area contributed by atoms with Crippen molar-refractivity contribution in [3.63, 3.8) is 0 Å². The van der Waals surface area contributed by atoms with E-state index in [9.17, 15) is 20.1 Å². The molecular weight excluding hydrogens is 528 g/mol. The van der Waals surface area contributed by atoms with Crippen LogP contribution >= 0.6 is 0 Å². The Balaban J connectivity index is 1.30. The summed E-state index contributed by atoms with van der Waals surface area (Å²) in [5.74, 6) is 0.179. The van der Waals surface area contributed by atoms with Gasteiger partial charge in [0.05, 0.1) is 26.4 Å². The van der Waals surface area contributed by atoms with Crippen LogP contribution in [-0.2, 0) is 41.7 Å². The molecule has 5 atom stereocenters. The van der Waals surface area contributed by atoms with E-state index in [4.69, 9.17) is 23.7 Å². The second-order valence-electron chi connectivity index (χ2n) is 11.0. The predicted molar refractivity (Wildman–Crippen MR) is 151 cm³/mol. The van der Waals surface area contributed by atoms with E-state index in [1.807, 2.05) is 60.7 Å². The molecule has 2 aromatic rings. The van der Waals surface area contributed by atoms with Crippen LogP contribution in [0.3, 0.4) is 0 Å². The van der Waals surface area contributed by atoms with Crippen molar-refractivity contribution < 1.29 is 43.8 Å². The highest BCUT2D eigenvalue weighted by Gasteiger charge is 2.45. The molecular formula is C32H44O9. The second-order valence-corrected chi connectivity index (χ2v) is 11.0. The Morgan fingerprint density at radius 2 is 1.39 bits per heavy atom. The fraction of sp³-hybridized carbons (Fsp3) is 0.594. The Labute approximate surface area is 242 Å². The lowest BCUT2D eigenvalue weighted by Gasteiger charge is -2.41. The second kappa shape index (κ2) is 16.9. The van der Waals surface area contributed by atoms with Gasteiger partial charge in [0.1, 0.15) is 37.1 Å². The number of hydrogen-bond donors (Lipinski definition) is 3. The van der Waals surface area contributed by atoms with Crippen molar-refractivity contribution >= 4 is 5.97 Å². The van der Waals surface area contributed by atoms with E-state index < -0.39 is 36.8 Å². The highest BCUT2D eigenvalue weighted by atomic mass is 16.7. The number of hydrogen-bond acceptors (Lipinski definition) is 9. The fourth-order valence-electron chi connectivity index (χ4n) is 5.29. The van der Waals surface area contributed by atoms with Crippen molar-refractivity contribution in [2.24, 2.45) is 5.92 Å². The largest absolute Gasteiger partial charge is 0.463 e. The standard InChI is InChI=1S/C32H44O9/c33-28(17-16-23-10-4-1-5-11-23)39-22-27-29(34)30(35)31(36)32(41-27)40-26(20-37-18-24-12-6-2-7-13-24)21-38-19-25-14-8-3-9-15-25/h2-3,6-9,12-15,23,26-27,29-32,34-36H,1,4-5,10-11,16-22H2/t27-,29+,30+,31-,32-/m1/s1. The van der Waals surface area contributed by atoms with E-state index in [1.54, 1.807) is 0 Å². The Morgan fingerprint density at radius 3 is 1.98 bits per heavy atom. The summed E-state index contributed by atoms with van der Waals surface area (Å²) in [5, 5.41) is 31.7. The zero-order valence-electron chi connectivity index (χ0n) is 23.6. The van der Waals surface area contributed by atoms with E-state index in [1.165, 1.54) is 19.3 Å². The molecule has 2 aliphatic rings. The number of esters is 1. The van der Waals surface area contributed by atoms with E-state index in [0.29, 0.717) is 25.6 Å². The maximum atomic E-state index is 12.4. The first-order valence-electron chi connectivity index (χ1n) is 14.7. The van der Waals surface area contributed by atoms with Crippen molar-refractivity contribution in [2.45, 2.75) is 95.0 Å². The fourth-order valence-corrected chi connectivity index (χ4v) is 5.29. The van der Waals surface area contributed by atoms with Crippen LogP contribution in [0.1, 0.15) is 56.1 Å². The zero-order valence-corrected chi connectivity index (χ0v) is 23.6. The lowest BCUT2D eigenvalue weighted by molar-refractivity contribution is -0.317.